The fraction of sp³-hybridized carbons (Fsp3) is 0.300. The van der Waals surface area contributed by atoms with Gasteiger partial charge in [-0.25, -0.2) is 4.79 Å². The molecule has 0 heterocycles. The number of amides is 1. The highest BCUT2D eigenvalue weighted by Crippen LogP contribution is 2.30. The molecule has 0 saturated heterocycles. The predicted molar refractivity (Wildman–Crippen MR) is 105 cm³/mol. The van der Waals surface area contributed by atoms with E-state index in [1.54, 1.807) is 44.2 Å². The first-order valence-corrected chi connectivity index (χ1v) is 8.87. The monoisotopic (exact) mass is 402 g/mol. The molecule has 0 aliphatic rings. The van der Waals surface area contributed by atoms with Gasteiger partial charge >= 0.3 is 5.97 Å². The average molecular weight is 402 g/mol. The number of nitrogens with one attached hydrogen (secondary N) is 1. The van der Waals surface area contributed by atoms with Crippen LogP contribution >= 0.6 is 0 Å². The van der Waals surface area contributed by atoms with Gasteiger partial charge in [0.05, 0.1) is 11.5 Å². The van der Waals surface area contributed by atoms with Gasteiger partial charge in [-0.15, -0.1) is 0 Å². The second-order valence-corrected chi connectivity index (χ2v) is 6.06. The molecule has 0 bridgehead atoms. The van der Waals surface area contributed by atoms with Gasteiger partial charge in [0, 0.05) is 6.07 Å². The van der Waals surface area contributed by atoms with Crippen molar-refractivity contribution in [2.75, 3.05) is 25.1 Å². The molecule has 0 aliphatic heterocycles. The van der Waals surface area contributed by atoms with Crippen LogP contribution in [0.2, 0.25) is 0 Å². The third-order valence-electron chi connectivity index (χ3n) is 4.03. The fourth-order valence-electron chi connectivity index (χ4n) is 2.42. The Hall–Kier alpha value is -3.62. The standard InChI is InChI=1S/C20H22N2O7/c1-4-27-15-6-8-16(9-7-15)28-12-19(24)29-11-18(23)21-20-14(3)13(2)5-10-17(20)22(25)26/h5-10H,4,11-12H2,1-3H3,(H,21,23). The van der Waals surface area contributed by atoms with Crippen LogP contribution in [0.4, 0.5) is 11.4 Å². The first-order chi connectivity index (χ1) is 13.8. The molecular formula is C20H22N2O7. The molecule has 0 atom stereocenters. The van der Waals surface area contributed by atoms with Crippen molar-refractivity contribution in [1.82, 2.24) is 0 Å². The van der Waals surface area contributed by atoms with E-state index in [4.69, 9.17) is 14.2 Å². The molecule has 2 rings (SSSR count). The Bertz CT molecular complexity index is 894. The molecule has 154 valence electrons. The topological polar surface area (TPSA) is 117 Å². The van der Waals surface area contributed by atoms with Gasteiger partial charge in [0.25, 0.3) is 11.6 Å². The number of nitrogens with zero attached hydrogens (tertiary/aromatic N) is 1. The number of hydrogen-bond acceptors (Lipinski definition) is 7. The van der Waals surface area contributed by atoms with E-state index in [0.717, 1.165) is 5.56 Å². The molecule has 1 N–H and O–H groups in total. The largest absolute Gasteiger partial charge is 0.494 e. The fourth-order valence-corrected chi connectivity index (χ4v) is 2.42. The second kappa shape index (κ2) is 10.1. The Kier molecular flexibility index (Phi) is 7.53. The Morgan fingerprint density at radius 1 is 1.00 bits per heavy atom. The average Bonchev–Trinajstić information content (AvgIpc) is 2.69. The Morgan fingerprint density at radius 3 is 2.21 bits per heavy atom. The van der Waals surface area contributed by atoms with Gasteiger partial charge in [-0.05, 0) is 56.2 Å². The molecular weight excluding hydrogens is 380 g/mol. The van der Waals surface area contributed by atoms with Crippen molar-refractivity contribution >= 4 is 23.3 Å². The van der Waals surface area contributed by atoms with E-state index < -0.39 is 23.4 Å². The molecule has 0 aromatic heterocycles. The number of ether oxygens (including phenoxy) is 3. The number of benzene rings is 2. The highest BCUT2D eigenvalue weighted by atomic mass is 16.6. The van der Waals surface area contributed by atoms with Gasteiger partial charge in [-0.3, -0.25) is 14.9 Å². The Labute approximate surface area is 167 Å². The summed E-state index contributed by atoms with van der Waals surface area (Å²) < 4.78 is 15.5. The van der Waals surface area contributed by atoms with Crippen molar-refractivity contribution < 1.29 is 28.7 Å². The molecule has 0 saturated carbocycles. The molecule has 9 heteroatoms. The lowest BCUT2D eigenvalue weighted by atomic mass is 10.1. The van der Waals surface area contributed by atoms with E-state index in [9.17, 15) is 19.7 Å². The van der Waals surface area contributed by atoms with Crippen molar-refractivity contribution in [2.45, 2.75) is 20.8 Å². The lowest BCUT2D eigenvalue weighted by Crippen LogP contribution is -2.24. The van der Waals surface area contributed by atoms with Gasteiger partial charge in [-0.2, -0.15) is 0 Å². The summed E-state index contributed by atoms with van der Waals surface area (Å²) in [5.41, 5.74) is 1.21. The summed E-state index contributed by atoms with van der Waals surface area (Å²) in [6.45, 7) is 4.87. The maximum atomic E-state index is 12.1. The van der Waals surface area contributed by atoms with Crippen LogP contribution in [0.3, 0.4) is 0 Å². The smallest absolute Gasteiger partial charge is 0.344 e. The first kappa shape index (κ1) is 21.7. The van der Waals surface area contributed by atoms with Crippen LogP contribution < -0.4 is 14.8 Å². The minimum absolute atomic E-state index is 0.0849. The zero-order chi connectivity index (χ0) is 21.4. The summed E-state index contributed by atoms with van der Waals surface area (Å²) in [6.07, 6.45) is 0. The summed E-state index contributed by atoms with van der Waals surface area (Å²) in [6, 6.07) is 9.61. The highest BCUT2D eigenvalue weighted by Gasteiger charge is 2.20. The third kappa shape index (κ3) is 6.20. The van der Waals surface area contributed by atoms with Crippen LogP contribution in [0.5, 0.6) is 11.5 Å². The molecule has 0 fully saturated rings. The van der Waals surface area contributed by atoms with Gasteiger partial charge in [0.2, 0.25) is 0 Å². The van der Waals surface area contributed by atoms with Gasteiger partial charge in [0.1, 0.15) is 17.2 Å². The van der Waals surface area contributed by atoms with Crippen molar-refractivity contribution in [1.29, 1.82) is 0 Å². The third-order valence-corrected chi connectivity index (χ3v) is 4.03. The summed E-state index contributed by atoms with van der Waals surface area (Å²) in [5, 5.41) is 13.6. The van der Waals surface area contributed by atoms with E-state index >= 15 is 0 Å². The van der Waals surface area contributed by atoms with Crippen LogP contribution in [0.25, 0.3) is 0 Å². The van der Waals surface area contributed by atoms with E-state index in [1.807, 2.05) is 6.92 Å². The minimum Gasteiger partial charge on any atom is -0.494 e. The molecule has 0 unspecified atom stereocenters. The molecule has 0 radical (unpaired) electrons. The summed E-state index contributed by atoms with van der Waals surface area (Å²) >= 11 is 0. The molecule has 29 heavy (non-hydrogen) atoms. The lowest BCUT2D eigenvalue weighted by Gasteiger charge is -2.11. The number of carbonyl (C=O) groups is 2. The van der Waals surface area contributed by atoms with E-state index in [0.29, 0.717) is 23.7 Å². The first-order valence-electron chi connectivity index (χ1n) is 8.87. The molecule has 0 spiro atoms. The second-order valence-electron chi connectivity index (χ2n) is 6.06. The summed E-state index contributed by atoms with van der Waals surface area (Å²) in [4.78, 5) is 34.4. The van der Waals surface area contributed by atoms with E-state index in [1.165, 1.54) is 6.07 Å². The van der Waals surface area contributed by atoms with Crippen molar-refractivity contribution in [2.24, 2.45) is 0 Å². The number of nitro groups is 1. The molecule has 2 aromatic rings. The quantitative estimate of drug-likeness (QED) is 0.389. The Morgan fingerprint density at radius 2 is 1.62 bits per heavy atom. The van der Waals surface area contributed by atoms with Gasteiger partial charge < -0.3 is 19.5 Å². The van der Waals surface area contributed by atoms with Crippen LogP contribution in [0, 0.1) is 24.0 Å². The summed E-state index contributed by atoms with van der Waals surface area (Å²) in [5.74, 6) is -0.304. The number of nitro benzene ring substituents is 1. The molecule has 2 aromatic carbocycles. The van der Waals surface area contributed by atoms with Crippen molar-refractivity contribution in [3.05, 3.63) is 57.6 Å². The Balaban J connectivity index is 1.85. The SMILES string of the molecule is CCOc1ccc(OCC(=O)OCC(=O)Nc2c([N+](=O)[O-])ccc(C)c2C)cc1. The van der Waals surface area contributed by atoms with Gasteiger partial charge in [0.15, 0.2) is 13.2 Å². The van der Waals surface area contributed by atoms with E-state index in [-0.39, 0.29) is 18.0 Å². The van der Waals surface area contributed by atoms with Crippen LogP contribution in [-0.2, 0) is 14.3 Å². The lowest BCUT2D eigenvalue weighted by molar-refractivity contribution is -0.384. The number of hydrogen-bond donors (Lipinski definition) is 1. The maximum absolute atomic E-state index is 12.1. The number of rotatable bonds is 9. The van der Waals surface area contributed by atoms with E-state index in [2.05, 4.69) is 5.32 Å². The highest BCUT2D eigenvalue weighted by molar-refractivity contribution is 5.96. The zero-order valence-corrected chi connectivity index (χ0v) is 16.4. The van der Waals surface area contributed by atoms with Crippen molar-refractivity contribution in [3.63, 3.8) is 0 Å². The minimum atomic E-state index is -0.746. The molecule has 0 aliphatic carbocycles. The molecule has 1 amide bonds. The van der Waals surface area contributed by atoms with Gasteiger partial charge in [-0.1, -0.05) is 6.07 Å². The summed E-state index contributed by atoms with van der Waals surface area (Å²) in [7, 11) is 0. The number of aryl methyl sites for hydroxylation is 1. The van der Waals surface area contributed by atoms with Crippen LogP contribution in [-0.4, -0.2) is 36.6 Å². The van der Waals surface area contributed by atoms with Crippen LogP contribution in [0.15, 0.2) is 36.4 Å². The number of esters is 1. The zero-order valence-electron chi connectivity index (χ0n) is 16.4. The maximum Gasteiger partial charge on any atom is 0.344 e. The number of carbonyl (C=O) groups excluding carboxylic acids is 2. The van der Waals surface area contributed by atoms with Crippen molar-refractivity contribution in [3.8, 4) is 11.5 Å². The molecule has 9 nitrogen and oxygen atoms in total. The number of anilines is 1. The normalized spacial score (nSPS) is 10.2. The predicted octanol–water partition coefficient (Wildman–Crippen LogP) is 3.17. The van der Waals surface area contributed by atoms with Crippen LogP contribution in [0.1, 0.15) is 18.1 Å².